The van der Waals surface area contributed by atoms with Gasteiger partial charge in [-0.2, -0.15) is 0 Å². The Morgan fingerprint density at radius 3 is 2.35 bits per heavy atom. The first kappa shape index (κ1) is 17.2. The third-order valence-electron chi connectivity index (χ3n) is 3.78. The highest BCUT2D eigenvalue weighted by Gasteiger charge is 2.24. The van der Waals surface area contributed by atoms with Gasteiger partial charge in [-0.15, -0.1) is 0 Å². The number of amides is 1. The van der Waals surface area contributed by atoms with Gasteiger partial charge in [0.1, 0.15) is 5.60 Å². The molecule has 1 amide bonds. The lowest BCUT2D eigenvalue weighted by Crippen LogP contribution is -2.38. The lowest BCUT2D eigenvalue weighted by molar-refractivity contribution is 0.0447. The summed E-state index contributed by atoms with van der Waals surface area (Å²) in [6.45, 7) is 6.63. The molecule has 118 valence electrons. The van der Waals surface area contributed by atoms with E-state index in [4.69, 9.17) is 15.5 Å². The fourth-order valence-corrected chi connectivity index (χ4v) is 2.80. The maximum Gasteiger partial charge on any atom is 0.407 e. The SMILES string of the molecule is CC(C)(C)OC(=O)NCC(CON)C1CCCCCC1. The maximum atomic E-state index is 11.7. The summed E-state index contributed by atoms with van der Waals surface area (Å²) in [5.41, 5.74) is -0.466. The van der Waals surface area contributed by atoms with Gasteiger partial charge in [0.2, 0.25) is 0 Å². The van der Waals surface area contributed by atoms with E-state index in [-0.39, 0.29) is 12.0 Å². The van der Waals surface area contributed by atoms with Gasteiger partial charge in [-0.3, -0.25) is 0 Å². The number of ether oxygens (including phenoxy) is 1. The number of nitrogens with two attached hydrogens (primary N) is 1. The molecule has 1 aliphatic carbocycles. The minimum absolute atomic E-state index is 0.269. The number of hydrogen-bond donors (Lipinski definition) is 2. The smallest absolute Gasteiger partial charge is 0.407 e. The minimum Gasteiger partial charge on any atom is -0.444 e. The normalized spacial score (nSPS) is 19.2. The standard InChI is InChI=1S/C15H30N2O3/c1-15(2,3)20-14(18)17-10-13(11-19-16)12-8-6-4-5-7-9-12/h12-13H,4-11,16H2,1-3H3,(H,17,18). The molecule has 0 bridgehead atoms. The Balaban J connectivity index is 2.43. The Kier molecular flexibility index (Phi) is 7.30. The van der Waals surface area contributed by atoms with Gasteiger partial charge in [-0.1, -0.05) is 38.5 Å². The van der Waals surface area contributed by atoms with Gasteiger partial charge in [0, 0.05) is 12.5 Å². The van der Waals surface area contributed by atoms with Crippen molar-refractivity contribution < 1.29 is 14.4 Å². The van der Waals surface area contributed by atoms with E-state index in [2.05, 4.69) is 5.32 Å². The largest absolute Gasteiger partial charge is 0.444 e. The van der Waals surface area contributed by atoms with Crippen LogP contribution in [-0.2, 0) is 9.57 Å². The van der Waals surface area contributed by atoms with Crippen LogP contribution < -0.4 is 11.2 Å². The van der Waals surface area contributed by atoms with Crippen LogP contribution in [0.15, 0.2) is 0 Å². The molecule has 1 atom stereocenters. The molecule has 0 aromatic carbocycles. The van der Waals surface area contributed by atoms with Gasteiger partial charge in [0.15, 0.2) is 0 Å². The Morgan fingerprint density at radius 1 is 1.25 bits per heavy atom. The predicted molar refractivity (Wildman–Crippen MR) is 79.1 cm³/mol. The lowest BCUT2D eigenvalue weighted by atomic mass is 9.86. The van der Waals surface area contributed by atoms with E-state index in [0.717, 1.165) is 0 Å². The van der Waals surface area contributed by atoms with Crippen molar-refractivity contribution in [1.82, 2.24) is 5.32 Å². The van der Waals surface area contributed by atoms with Crippen LogP contribution in [0.25, 0.3) is 0 Å². The van der Waals surface area contributed by atoms with Crippen molar-refractivity contribution in [2.24, 2.45) is 17.7 Å². The van der Waals surface area contributed by atoms with Gasteiger partial charge < -0.3 is 14.9 Å². The molecule has 1 rings (SSSR count). The Hall–Kier alpha value is -0.810. The van der Waals surface area contributed by atoms with E-state index in [9.17, 15) is 4.79 Å². The molecule has 1 saturated carbocycles. The predicted octanol–water partition coefficient (Wildman–Crippen LogP) is 2.99. The van der Waals surface area contributed by atoms with Crippen LogP contribution in [-0.4, -0.2) is 24.8 Å². The lowest BCUT2D eigenvalue weighted by Gasteiger charge is -2.26. The number of hydrogen-bond acceptors (Lipinski definition) is 4. The Bertz CT molecular complexity index is 281. The van der Waals surface area contributed by atoms with Crippen LogP contribution in [0, 0.1) is 11.8 Å². The summed E-state index contributed by atoms with van der Waals surface area (Å²) in [7, 11) is 0. The van der Waals surface area contributed by atoms with Crippen LogP contribution in [0.2, 0.25) is 0 Å². The molecule has 0 radical (unpaired) electrons. The average molecular weight is 286 g/mol. The summed E-state index contributed by atoms with van der Waals surface area (Å²) in [6.07, 6.45) is 7.18. The van der Waals surface area contributed by atoms with E-state index in [0.29, 0.717) is 19.1 Å². The van der Waals surface area contributed by atoms with Crippen molar-refractivity contribution in [3.63, 3.8) is 0 Å². The second kappa shape index (κ2) is 8.47. The van der Waals surface area contributed by atoms with E-state index < -0.39 is 5.60 Å². The highest BCUT2D eigenvalue weighted by molar-refractivity contribution is 5.67. The molecule has 5 nitrogen and oxygen atoms in total. The van der Waals surface area contributed by atoms with Gasteiger partial charge in [-0.25, -0.2) is 10.7 Å². The highest BCUT2D eigenvalue weighted by Crippen LogP contribution is 2.29. The third-order valence-corrected chi connectivity index (χ3v) is 3.78. The highest BCUT2D eigenvalue weighted by atomic mass is 16.6. The van der Waals surface area contributed by atoms with E-state index in [1.165, 1.54) is 38.5 Å². The number of carbonyl (C=O) groups excluding carboxylic acids is 1. The molecule has 0 aromatic heterocycles. The summed E-state index contributed by atoms with van der Waals surface area (Å²) in [4.78, 5) is 16.6. The second-order valence-corrected chi connectivity index (χ2v) is 6.73. The van der Waals surface area contributed by atoms with Crippen molar-refractivity contribution >= 4 is 6.09 Å². The Labute approximate surface area is 122 Å². The number of alkyl carbamates (subject to hydrolysis) is 1. The first-order valence-corrected chi connectivity index (χ1v) is 7.71. The molecule has 0 aromatic rings. The summed E-state index contributed by atoms with van der Waals surface area (Å²) in [6, 6.07) is 0. The fourth-order valence-electron chi connectivity index (χ4n) is 2.80. The number of carbonyl (C=O) groups is 1. The van der Waals surface area contributed by atoms with Crippen molar-refractivity contribution in [3.8, 4) is 0 Å². The zero-order chi connectivity index (χ0) is 15.0. The van der Waals surface area contributed by atoms with Crippen LogP contribution in [0.1, 0.15) is 59.3 Å². The third kappa shape index (κ3) is 7.10. The first-order valence-electron chi connectivity index (χ1n) is 7.71. The molecule has 0 saturated heterocycles. The van der Waals surface area contributed by atoms with Crippen molar-refractivity contribution in [3.05, 3.63) is 0 Å². The van der Waals surface area contributed by atoms with E-state index in [1.54, 1.807) is 0 Å². The summed E-state index contributed by atoms with van der Waals surface area (Å²) < 4.78 is 5.26. The summed E-state index contributed by atoms with van der Waals surface area (Å²) in [5.74, 6) is 6.09. The van der Waals surface area contributed by atoms with Crippen molar-refractivity contribution in [2.75, 3.05) is 13.2 Å². The van der Waals surface area contributed by atoms with Gasteiger partial charge in [0.25, 0.3) is 0 Å². The maximum absolute atomic E-state index is 11.7. The monoisotopic (exact) mass is 286 g/mol. The zero-order valence-electron chi connectivity index (χ0n) is 13.1. The molecule has 1 unspecified atom stereocenters. The van der Waals surface area contributed by atoms with Crippen molar-refractivity contribution in [1.29, 1.82) is 0 Å². The molecule has 3 N–H and O–H groups in total. The van der Waals surface area contributed by atoms with Gasteiger partial charge in [-0.05, 0) is 26.7 Å². The van der Waals surface area contributed by atoms with Gasteiger partial charge >= 0.3 is 6.09 Å². The summed E-state index contributed by atoms with van der Waals surface area (Å²) >= 11 is 0. The fraction of sp³-hybridized carbons (Fsp3) is 0.933. The van der Waals surface area contributed by atoms with Crippen molar-refractivity contribution in [2.45, 2.75) is 64.9 Å². The number of rotatable bonds is 5. The second-order valence-electron chi connectivity index (χ2n) is 6.73. The molecule has 1 fully saturated rings. The van der Waals surface area contributed by atoms with Crippen LogP contribution in [0.4, 0.5) is 4.79 Å². The minimum atomic E-state index is -0.466. The first-order chi connectivity index (χ1) is 9.42. The molecule has 20 heavy (non-hydrogen) atoms. The zero-order valence-corrected chi connectivity index (χ0v) is 13.1. The molecule has 0 heterocycles. The summed E-state index contributed by atoms with van der Waals surface area (Å²) in [5, 5.41) is 2.85. The molecule has 0 spiro atoms. The van der Waals surface area contributed by atoms with Crippen LogP contribution in [0.5, 0.6) is 0 Å². The average Bonchev–Trinajstić information content (AvgIpc) is 2.61. The molecular weight excluding hydrogens is 256 g/mol. The molecule has 1 aliphatic rings. The quantitative estimate of drug-likeness (QED) is 0.602. The Morgan fingerprint density at radius 2 is 1.85 bits per heavy atom. The van der Waals surface area contributed by atoms with E-state index in [1.807, 2.05) is 20.8 Å². The molecule has 0 aliphatic heterocycles. The molecule has 5 heteroatoms. The molecular formula is C15H30N2O3. The van der Waals surface area contributed by atoms with E-state index >= 15 is 0 Å². The van der Waals surface area contributed by atoms with Gasteiger partial charge in [0.05, 0.1) is 6.61 Å². The van der Waals surface area contributed by atoms with Crippen LogP contribution in [0.3, 0.4) is 0 Å². The number of nitrogens with one attached hydrogen (secondary N) is 1. The van der Waals surface area contributed by atoms with Crippen LogP contribution >= 0.6 is 0 Å². The topological polar surface area (TPSA) is 73.6 Å².